The minimum atomic E-state index is -0.976. The molecule has 0 aliphatic carbocycles. The van der Waals surface area contributed by atoms with Crippen LogP contribution in [0.15, 0.2) is 53.0 Å². The normalized spacial score (nSPS) is 11.5. The molecule has 2 rings (SSSR count). The summed E-state index contributed by atoms with van der Waals surface area (Å²) in [5.74, 6) is -2.08. The summed E-state index contributed by atoms with van der Waals surface area (Å²) in [6, 6.07) is 11.6. The van der Waals surface area contributed by atoms with Gasteiger partial charge in [0, 0.05) is 15.6 Å². The second kappa shape index (κ2) is 8.53. The molecule has 1 N–H and O–H groups in total. The molecule has 0 radical (unpaired) electrons. The summed E-state index contributed by atoms with van der Waals surface area (Å²) in [5.41, 5.74) is 0.632. The third kappa shape index (κ3) is 5.49. The van der Waals surface area contributed by atoms with Gasteiger partial charge in [0.05, 0.1) is 0 Å². The van der Waals surface area contributed by atoms with Crippen molar-refractivity contribution in [1.82, 2.24) is 5.32 Å². The number of amides is 1. The van der Waals surface area contributed by atoms with Gasteiger partial charge in [0.15, 0.2) is 6.10 Å². The lowest BCUT2D eigenvalue weighted by atomic mass is 10.1. The fourth-order valence-electron chi connectivity index (χ4n) is 2.00. The highest BCUT2D eigenvalue weighted by molar-refractivity contribution is 9.10. The first kappa shape index (κ1) is 18.8. The van der Waals surface area contributed by atoms with Gasteiger partial charge in [-0.25, -0.2) is 4.39 Å². The Hall–Kier alpha value is -2.54. The number of rotatable bonds is 6. The van der Waals surface area contributed by atoms with Gasteiger partial charge in [-0.1, -0.05) is 28.1 Å². The second-order valence-corrected chi connectivity index (χ2v) is 6.11. The van der Waals surface area contributed by atoms with Crippen molar-refractivity contribution in [3.8, 4) is 0 Å². The smallest absolute Gasteiger partial charge is 0.326 e. The molecule has 0 spiro atoms. The lowest BCUT2D eigenvalue weighted by Crippen LogP contribution is -2.34. The predicted molar refractivity (Wildman–Crippen MR) is 92.8 cm³/mol. The zero-order valence-corrected chi connectivity index (χ0v) is 14.9. The van der Waals surface area contributed by atoms with Crippen LogP contribution in [0.4, 0.5) is 4.39 Å². The Morgan fingerprint density at radius 2 is 1.60 bits per heavy atom. The van der Waals surface area contributed by atoms with Crippen LogP contribution >= 0.6 is 15.9 Å². The standard InChI is InChI=1S/C18H15BrFNO4/c1-11(17(23)12-2-6-14(19)7-3-12)25-16(22)10-21-18(24)13-4-8-15(20)9-5-13/h2-9,11H,10H2,1H3,(H,21,24)/t11-/m1/s1. The van der Waals surface area contributed by atoms with E-state index in [1.165, 1.54) is 19.1 Å². The molecular weight excluding hydrogens is 393 g/mol. The van der Waals surface area contributed by atoms with Crippen LogP contribution in [-0.4, -0.2) is 30.3 Å². The molecule has 5 nitrogen and oxygen atoms in total. The molecule has 2 aromatic carbocycles. The number of esters is 1. The van der Waals surface area contributed by atoms with E-state index in [-0.39, 0.29) is 11.3 Å². The highest BCUT2D eigenvalue weighted by Crippen LogP contribution is 2.13. The van der Waals surface area contributed by atoms with Crippen LogP contribution in [0.5, 0.6) is 0 Å². The molecule has 1 amide bonds. The summed E-state index contributed by atoms with van der Waals surface area (Å²) in [5, 5.41) is 2.36. The van der Waals surface area contributed by atoms with Crippen molar-refractivity contribution >= 4 is 33.6 Å². The molecule has 0 aliphatic rings. The first-order valence-electron chi connectivity index (χ1n) is 7.40. The van der Waals surface area contributed by atoms with Crippen LogP contribution in [0.1, 0.15) is 27.6 Å². The van der Waals surface area contributed by atoms with E-state index >= 15 is 0 Å². The molecule has 0 aliphatic heterocycles. The van der Waals surface area contributed by atoms with E-state index in [0.29, 0.717) is 5.56 Å². The maximum absolute atomic E-state index is 12.8. The average Bonchev–Trinajstić information content (AvgIpc) is 2.60. The van der Waals surface area contributed by atoms with Gasteiger partial charge in [-0.15, -0.1) is 0 Å². The molecule has 7 heteroatoms. The third-order valence-electron chi connectivity index (χ3n) is 3.31. The van der Waals surface area contributed by atoms with Gasteiger partial charge in [-0.3, -0.25) is 14.4 Å². The van der Waals surface area contributed by atoms with Gasteiger partial charge in [0.1, 0.15) is 12.4 Å². The zero-order chi connectivity index (χ0) is 18.4. The highest BCUT2D eigenvalue weighted by Gasteiger charge is 2.20. The van der Waals surface area contributed by atoms with Crippen LogP contribution < -0.4 is 5.32 Å². The first-order chi connectivity index (χ1) is 11.9. The number of halogens is 2. The quantitative estimate of drug-likeness (QED) is 0.589. The van der Waals surface area contributed by atoms with E-state index in [2.05, 4.69) is 21.2 Å². The molecule has 0 heterocycles. The number of Topliss-reactive ketones (excluding diaryl/α,β-unsaturated/α-hetero) is 1. The summed E-state index contributed by atoms with van der Waals surface area (Å²) in [6.45, 7) is 1.07. The van der Waals surface area contributed by atoms with Crippen molar-refractivity contribution in [2.24, 2.45) is 0 Å². The lowest BCUT2D eigenvalue weighted by Gasteiger charge is -2.13. The minimum Gasteiger partial charge on any atom is -0.453 e. The molecule has 25 heavy (non-hydrogen) atoms. The molecule has 130 valence electrons. The topological polar surface area (TPSA) is 72.5 Å². The van der Waals surface area contributed by atoms with Gasteiger partial charge >= 0.3 is 5.97 Å². The zero-order valence-electron chi connectivity index (χ0n) is 13.3. The molecule has 0 bridgehead atoms. The van der Waals surface area contributed by atoms with Gasteiger partial charge in [0.2, 0.25) is 5.78 Å². The van der Waals surface area contributed by atoms with Crippen LogP contribution in [0.25, 0.3) is 0 Å². The molecule has 0 fully saturated rings. The van der Waals surface area contributed by atoms with Crippen molar-refractivity contribution in [2.75, 3.05) is 6.54 Å². The van der Waals surface area contributed by atoms with Crippen LogP contribution in [0.2, 0.25) is 0 Å². The molecule has 0 aromatic heterocycles. The first-order valence-corrected chi connectivity index (χ1v) is 8.19. The SMILES string of the molecule is C[C@@H](OC(=O)CNC(=O)c1ccc(F)cc1)C(=O)c1ccc(Br)cc1. The number of carbonyl (C=O) groups is 3. The largest absolute Gasteiger partial charge is 0.453 e. The molecule has 0 saturated heterocycles. The summed E-state index contributed by atoms with van der Waals surface area (Å²) in [6.07, 6.45) is -0.976. The third-order valence-corrected chi connectivity index (χ3v) is 3.83. The number of carbonyl (C=O) groups excluding carboxylic acids is 3. The molecule has 1 atom stereocenters. The van der Waals surface area contributed by atoms with Crippen LogP contribution in [0.3, 0.4) is 0 Å². The Kier molecular flexibility index (Phi) is 6.41. The molecular formula is C18H15BrFNO4. The molecule has 2 aromatic rings. The van der Waals surface area contributed by atoms with Gasteiger partial charge in [-0.2, -0.15) is 0 Å². The van der Waals surface area contributed by atoms with E-state index in [9.17, 15) is 18.8 Å². The van der Waals surface area contributed by atoms with Crippen LogP contribution in [-0.2, 0) is 9.53 Å². The van der Waals surface area contributed by atoms with Gasteiger partial charge < -0.3 is 10.1 Å². The summed E-state index contributed by atoms with van der Waals surface area (Å²) >= 11 is 3.27. The highest BCUT2D eigenvalue weighted by atomic mass is 79.9. The van der Waals surface area contributed by atoms with E-state index in [4.69, 9.17) is 4.74 Å². The summed E-state index contributed by atoms with van der Waals surface area (Å²) < 4.78 is 18.7. The average molecular weight is 408 g/mol. The van der Waals surface area contributed by atoms with E-state index in [1.807, 2.05) is 0 Å². The molecule has 0 unspecified atom stereocenters. The summed E-state index contributed by atoms with van der Waals surface area (Å²) in [4.78, 5) is 35.8. The van der Waals surface area contributed by atoms with Gasteiger partial charge in [-0.05, 0) is 43.3 Å². The Morgan fingerprint density at radius 1 is 1.04 bits per heavy atom. The Labute approximate surface area is 152 Å². The predicted octanol–water partition coefficient (Wildman–Crippen LogP) is 3.13. The number of nitrogens with one attached hydrogen (secondary N) is 1. The van der Waals surface area contributed by atoms with E-state index in [1.54, 1.807) is 24.3 Å². The monoisotopic (exact) mass is 407 g/mol. The maximum atomic E-state index is 12.8. The van der Waals surface area contributed by atoms with Crippen molar-refractivity contribution in [3.63, 3.8) is 0 Å². The lowest BCUT2D eigenvalue weighted by molar-refractivity contribution is -0.145. The number of ether oxygens (including phenoxy) is 1. The Morgan fingerprint density at radius 3 is 2.20 bits per heavy atom. The number of hydrogen-bond acceptors (Lipinski definition) is 4. The number of hydrogen-bond donors (Lipinski definition) is 1. The van der Waals surface area contributed by atoms with Crippen molar-refractivity contribution < 1.29 is 23.5 Å². The second-order valence-electron chi connectivity index (χ2n) is 5.19. The van der Waals surface area contributed by atoms with Crippen molar-refractivity contribution in [1.29, 1.82) is 0 Å². The fourth-order valence-corrected chi connectivity index (χ4v) is 2.26. The number of ketones is 1. The number of benzene rings is 2. The fraction of sp³-hybridized carbons (Fsp3) is 0.167. The van der Waals surface area contributed by atoms with E-state index in [0.717, 1.165) is 16.6 Å². The minimum absolute atomic E-state index is 0.216. The van der Waals surface area contributed by atoms with Crippen LogP contribution in [0, 0.1) is 5.82 Å². The van der Waals surface area contributed by atoms with Crippen molar-refractivity contribution in [2.45, 2.75) is 13.0 Å². The van der Waals surface area contributed by atoms with Gasteiger partial charge in [0.25, 0.3) is 5.91 Å². The summed E-state index contributed by atoms with van der Waals surface area (Å²) in [7, 11) is 0. The molecule has 0 saturated carbocycles. The Balaban J connectivity index is 1.84. The van der Waals surface area contributed by atoms with E-state index < -0.39 is 30.3 Å². The maximum Gasteiger partial charge on any atom is 0.326 e. The van der Waals surface area contributed by atoms with Crippen molar-refractivity contribution in [3.05, 3.63) is 69.9 Å². The Bertz CT molecular complexity index is 775.